The second-order valence-corrected chi connectivity index (χ2v) is 7.44. The average molecular weight is 357 g/mol. The van der Waals surface area contributed by atoms with Crippen molar-refractivity contribution in [1.29, 1.82) is 0 Å². The number of unbranched alkanes of at least 4 members (excludes halogenated alkanes) is 12. The Morgan fingerprint density at radius 1 is 0.560 bits per heavy atom. The van der Waals surface area contributed by atoms with Crippen molar-refractivity contribution in [2.24, 2.45) is 5.41 Å². The van der Waals surface area contributed by atoms with Crippen LogP contribution in [-0.2, 0) is 9.59 Å². The second kappa shape index (κ2) is 15.2. The van der Waals surface area contributed by atoms with Crippen LogP contribution in [0.1, 0.15) is 117 Å². The predicted molar refractivity (Wildman–Crippen MR) is 103 cm³/mol. The van der Waals surface area contributed by atoms with Gasteiger partial charge in [-0.3, -0.25) is 9.59 Å². The van der Waals surface area contributed by atoms with Gasteiger partial charge in [-0.05, 0) is 12.8 Å². The molecule has 0 amide bonds. The Morgan fingerprint density at radius 2 is 0.840 bits per heavy atom. The zero-order valence-electron chi connectivity index (χ0n) is 16.5. The first kappa shape index (κ1) is 23.9. The molecule has 148 valence electrons. The molecule has 0 fully saturated rings. The minimum absolute atomic E-state index is 0.264. The van der Waals surface area contributed by atoms with E-state index in [1.54, 1.807) is 0 Å². The van der Waals surface area contributed by atoms with Gasteiger partial charge >= 0.3 is 11.9 Å². The molecular weight excluding hydrogens is 316 g/mol. The fourth-order valence-electron chi connectivity index (χ4n) is 3.41. The molecule has 0 radical (unpaired) electrons. The molecule has 25 heavy (non-hydrogen) atoms. The van der Waals surface area contributed by atoms with Gasteiger partial charge in [0.05, 0.1) is 0 Å². The third-order valence-corrected chi connectivity index (χ3v) is 5.23. The molecule has 0 heterocycles. The van der Waals surface area contributed by atoms with E-state index >= 15 is 0 Å². The molecule has 0 saturated carbocycles. The lowest BCUT2D eigenvalue weighted by Crippen LogP contribution is -2.39. The van der Waals surface area contributed by atoms with Gasteiger partial charge in [0.2, 0.25) is 0 Å². The van der Waals surface area contributed by atoms with E-state index in [0.717, 1.165) is 32.1 Å². The van der Waals surface area contributed by atoms with Crippen LogP contribution >= 0.6 is 0 Å². The Morgan fingerprint density at radius 3 is 1.12 bits per heavy atom. The van der Waals surface area contributed by atoms with Crippen LogP contribution in [0.5, 0.6) is 0 Å². The molecule has 4 heteroatoms. The first-order chi connectivity index (χ1) is 12.0. The Balaban J connectivity index is 4.20. The molecule has 0 atom stereocenters. The summed E-state index contributed by atoms with van der Waals surface area (Å²) < 4.78 is 0. The van der Waals surface area contributed by atoms with Gasteiger partial charge in [-0.1, -0.05) is 104 Å². The number of carboxylic acid groups (broad SMARTS) is 2. The summed E-state index contributed by atoms with van der Waals surface area (Å²) in [5.41, 5.74) is -1.58. The number of carboxylic acids is 2. The van der Waals surface area contributed by atoms with Crippen molar-refractivity contribution < 1.29 is 19.8 Å². The lowest BCUT2D eigenvalue weighted by molar-refractivity contribution is -0.166. The molecule has 0 rings (SSSR count). The van der Waals surface area contributed by atoms with E-state index < -0.39 is 17.4 Å². The summed E-state index contributed by atoms with van der Waals surface area (Å²) in [6.07, 6.45) is 15.6. The Labute approximate surface area is 154 Å². The first-order valence-electron chi connectivity index (χ1n) is 10.5. The van der Waals surface area contributed by atoms with E-state index in [-0.39, 0.29) is 12.8 Å². The summed E-state index contributed by atoms with van der Waals surface area (Å²) >= 11 is 0. The highest BCUT2D eigenvalue weighted by Gasteiger charge is 2.45. The topological polar surface area (TPSA) is 74.6 Å². The molecule has 0 bridgehead atoms. The SMILES string of the molecule is CCCCCCCCCCC(CCCCCCCC)(C(=O)O)C(=O)O. The van der Waals surface area contributed by atoms with Crippen LogP contribution in [0, 0.1) is 5.41 Å². The van der Waals surface area contributed by atoms with Crippen LogP contribution < -0.4 is 0 Å². The smallest absolute Gasteiger partial charge is 0.321 e. The molecule has 0 aliphatic heterocycles. The predicted octanol–water partition coefficient (Wildman–Crippen LogP) is 6.42. The first-order valence-corrected chi connectivity index (χ1v) is 10.5. The van der Waals surface area contributed by atoms with Crippen LogP contribution in [0.2, 0.25) is 0 Å². The molecule has 2 N–H and O–H groups in total. The number of rotatable bonds is 18. The number of hydrogen-bond acceptors (Lipinski definition) is 2. The van der Waals surface area contributed by atoms with Gasteiger partial charge < -0.3 is 10.2 Å². The van der Waals surface area contributed by atoms with Crippen LogP contribution in [0.15, 0.2) is 0 Å². The molecule has 0 aromatic carbocycles. The van der Waals surface area contributed by atoms with Crippen molar-refractivity contribution in [1.82, 2.24) is 0 Å². The van der Waals surface area contributed by atoms with E-state index in [1.807, 2.05) is 0 Å². The van der Waals surface area contributed by atoms with E-state index in [4.69, 9.17) is 0 Å². The van der Waals surface area contributed by atoms with Crippen molar-refractivity contribution in [3.05, 3.63) is 0 Å². The summed E-state index contributed by atoms with van der Waals surface area (Å²) in [5, 5.41) is 19.1. The highest BCUT2D eigenvalue weighted by Crippen LogP contribution is 2.33. The largest absolute Gasteiger partial charge is 0.480 e. The van der Waals surface area contributed by atoms with Gasteiger partial charge in [0, 0.05) is 0 Å². The monoisotopic (exact) mass is 356 g/mol. The van der Waals surface area contributed by atoms with E-state index in [0.29, 0.717) is 12.8 Å². The molecule has 0 aliphatic rings. The third-order valence-electron chi connectivity index (χ3n) is 5.23. The van der Waals surface area contributed by atoms with Crippen molar-refractivity contribution >= 4 is 11.9 Å². The van der Waals surface area contributed by atoms with E-state index in [1.165, 1.54) is 44.9 Å². The second-order valence-electron chi connectivity index (χ2n) is 7.44. The Hall–Kier alpha value is -1.06. The maximum atomic E-state index is 11.7. The molecule has 0 aromatic heterocycles. The van der Waals surface area contributed by atoms with Gasteiger partial charge in [-0.15, -0.1) is 0 Å². The highest BCUT2D eigenvalue weighted by atomic mass is 16.4. The number of hydrogen-bond donors (Lipinski definition) is 2. The molecule has 4 nitrogen and oxygen atoms in total. The molecular formula is C21H40O4. The van der Waals surface area contributed by atoms with Gasteiger partial charge in [-0.25, -0.2) is 0 Å². The molecule has 0 aliphatic carbocycles. The van der Waals surface area contributed by atoms with Crippen molar-refractivity contribution in [2.45, 2.75) is 117 Å². The zero-order chi connectivity index (χ0) is 19.0. The summed E-state index contributed by atoms with van der Waals surface area (Å²) in [4.78, 5) is 23.4. The van der Waals surface area contributed by atoms with Crippen LogP contribution in [-0.4, -0.2) is 22.2 Å². The normalized spacial score (nSPS) is 11.6. The lowest BCUT2D eigenvalue weighted by atomic mass is 9.78. The van der Waals surface area contributed by atoms with Gasteiger partial charge in [-0.2, -0.15) is 0 Å². The van der Waals surface area contributed by atoms with Gasteiger partial charge in [0.25, 0.3) is 0 Å². The van der Waals surface area contributed by atoms with Gasteiger partial charge in [0.15, 0.2) is 5.41 Å². The van der Waals surface area contributed by atoms with Crippen LogP contribution in [0.3, 0.4) is 0 Å². The van der Waals surface area contributed by atoms with Crippen molar-refractivity contribution in [2.75, 3.05) is 0 Å². The number of carbonyl (C=O) groups is 2. The maximum Gasteiger partial charge on any atom is 0.321 e. The average Bonchev–Trinajstić information content (AvgIpc) is 2.57. The van der Waals surface area contributed by atoms with Crippen LogP contribution in [0.4, 0.5) is 0 Å². The van der Waals surface area contributed by atoms with Crippen LogP contribution in [0.25, 0.3) is 0 Å². The summed E-state index contributed by atoms with van der Waals surface area (Å²) in [6, 6.07) is 0. The molecule has 0 aromatic rings. The standard InChI is InChI=1S/C21H40O4/c1-3-5-7-9-11-12-14-16-18-21(19(22)23,20(24)25)17-15-13-10-8-6-4-2/h3-18H2,1-2H3,(H,22,23)(H,24,25). The summed E-state index contributed by atoms with van der Waals surface area (Å²) in [6.45, 7) is 4.35. The summed E-state index contributed by atoms with van der Waals surface area (Å²) in [7, 11) is 0. The minimum atomic E-state index is -1.58. The fraction of sp³-hybridized carbons (Fsp3) is 0.905. The molecule has 0 unspecified atom stereocenters. The summed E-state index contributed by atoms with van der Waals surface area (Å²) in [5.74, 6) is -2.31. The quantitative estimate of drug-likeness (QED) is 0.219. The van der Waals surface area contributed by atoms with Crippen molar-refractivity contribution in [3.63, 3.8) is 0 Å². The highest BCUT2D eigenvalue weighted by molar-refractivity contribution is 5.98. The maximum absolute atomic E-state index is 11.7. The lowest BCUT2D eigenvalue weighted by Gasteiger charge is -2.25. The molecule has 0 spiro atoms. The Bertz CT molecular complexity index is 338. The minimum Gasteiger partial charge on any atom is -0.480 e. The fourth-order valence-corrected chi connectivity index (χ4v) is 3.41. The molecule has 0 saturated heterocycles. The van der Waals surface area contributed by atoms with Gasteiger partial charge in [0.1, 0.15) is 0 Å². The number of aliphatic carboxylic acids is 2. The third kappa shape index (κ3) is 10.5. The Kier molecular flexibility index (Phi) is 14.6. The zero-order valence-corrected chi connectivity index (χ0v) is 16.5. The van der Waals surface area contributed by atoms with E-state index in [2.05, 4.69) is 13.8 Å². The van der Waals surface area contributed by atoms with Crippen molar-refractivity contribution in [3.8, 4) is 0 Å². The van der Waals surface area contributed by atoms with E-state index in [9.17, 15) is 19.8 Å².